The molecule has 0 atom stereocenters. The monoisotopic (exact) mass is 495 g/mol. The largest absolute Gasteiger partial charge is 0.369 e. The molecule has 2 saturated heterocycles. The van der Waals surface area contributed by atoms with Gasteiger partial charge in [0.1, 0.15) is 6.54 Å². The van der Waals surface area contributed by atoms with Crippen LogP contribution in [0.5, 0.6) is 0 Å². The maximum atomic E-state index is 13.7. The van der Waals surface area contributed by atoms with E-state index < -0.39 is 0 Å². The van der Waals surface area contributed by atoms with Crippen molar-refractivity contribution in [2.45, 2.75) is 62.4 Å². The molecule has 8 heteroatoms. The van der Waals surface area contributed by atoms with Crippen molar-refractivity contribution >= 4 is 17.8 Å². The highest BCUT2D eigenvalue weighted by atomic mass is 16.2. The summed E-state index contributed by atoms with van der Waals surface area (Å²) < 4.78 is 0. The molecule has 2 aliphatic heterocycles. The van der Waals surface area contributed by atoms with Gasteiger partial charge >= 0.3 is 6.03 Å². The van der Waals surface area contributed by atoms with Crippen LogP contribution in [0.4, 0.5) is 4.79 Å². The van der Waals surface area contributed by atoms with Crippen molar-refractivity contribution in [2.24, 2.45) is 17.6 Å². The number of carbonyl (C=O) groups excluding carboxylic acids is 3. The van der Waals surface area contributed by atoms with Crippen LogP contribution in [0, 0.1) is 11.8 Å². The number of carbonyl (C=O) groups is 3. The summed E-state index contributed by atoms with van der Waals surface area (Å²) in [6, 6.07) is 10.8. The molecule has 196 valence electrons. The highest BCUT2D eigenvalue weighted by Gasteiger charge is 2.55. The lowest BCUT2D eigenvalue weighted by Crippen LogP contribution is -2.55. The minimum atomic E-state index is -0.281. The lowest BCUT2D eigenvalue weighted by molar-refractivity contribution is -0.135. The van der Waals surface area contributed by atoms with Crippen molar-refractivity contribution in [2.75, 3.05) is 46.8 Å². The van der Waals surface area contributed by atoms with Gasteiger partial charge in [0.05, 0.1) is 5.54 Å². The van der Waals surface area contributed by atoms with E-state index in [9.17, 15) is 14.4 Å². The lowest BCUT2D eigenvalue weighted by Gasteiger charge is -2.51. The second-order valence-electron chi connectivity index (χ2n) is 11.8. The van der Waals surface area contributed by atoms with Gasteiger partial charge in [-0.15, -0.1) is 0 Å². The van der Waals surface area contributed by atoms with Gasteiger partial charge in [0, 0.05) is 37.6 Å². The van der Waals surface area contributed by atoms with Gasteiger partial charge < -0.3 is 20.4 Å². The van der Waals surface area contributed by atoms with E-state index in [4.69, 9.17) is 5.73 Å². The fraction of sp³-hybridized carbons (Fsp3) is 0.679. The number of hydrogen-bond acceptors (Lipinski definition) is 4. The number of piperidine rings is 1. The highest BCUT2D eigenvalue weighted by molar-refractivity contribution is 5.86. The van der Waals surface area contributed by atoms with Crippen molar-refractivity contribution in [3.63, 3.8) is 0 Å². The molecule has 0 bridgehead atoms. The summed E-state index contributed by atoms with van der Waals surface area (Å²) in [5, 5.41) is 0. The smallest absolute Gasteiger partial charge is 0.321 e. The number of benzene rings is 1. The second kappa shape index (κ2) is 9.69. The standard InChI is InChI=1S/C28H41N5O3/c1-30(2)28(23-6-4-3-5-7-23)14-12-27(13-15-28)20-32(26(36)33(27)18-21-8-9-21)19-24(34)31-16-10-22(11-17-31)25(29)35/h3-7,21-22H,8-20H2,1-2H3,(H2,29,35). The third-order valence-corrected chi connectivity index (χ3v) is 9.45. The highest BCUT2D eigenvalue weighted by Crippen LogP contribution is 2.49. The third-order valence-electron chi connectivity index (χ3n) is 9.45. The first-order valence-corrected chi connectivity index (χ1v) is 13.6. The Bertz CT molecular complexity index is 976. The first-order valence-electron chi connectivity index (χ1n) is 13.6. The number of rotatable bonds is 7. The van der Waals surface area contributed by atoms with Crippen molar-refractivity contribution in [3.05, 3.63) is 35.9 Å². The summed E-state index contributed by atoms with van der Waals surface area (Å²) in [5.74, 6) is 0.154. The molecule has 8 nitrogen and oxygen atoms in total. The van der Waals surface area contributed by atoms with Gasteiger partial charge in [0.2, 0.25) is 11.8 Å². The van der Waals surface area contributed by atoms with Crippen LogP contribution in [-0.2, 0) is 15.1 Å². The zero-order valence-electron chi connectivity index (χ0n) is 21.8. The molecule has 2 aliphatic carbocycles. The number of amides is 4. The minimum absolute atomic E-state index is 0.0163. The number of urea groups is 1. The molecule has 1 aromatic rings. The van der Waals surface area contributed by atoms with Crippen LogP contribution in [0.2, 0.25) is 0 Å². The summed E-state index contributed by atoms with van der Waals surface area (Å²) in [5.41, 5.74) is 6.56. The van der Waals surface area contributed by atoms with E-state index in [1.165, 1.54) is 18.4 Å². The molecule has 0 unspecified atom stereocenters. The van der Waals surface area contributed by atoms with Gasteiger partial charge in [-0.05, 0) is 76.9 Å². The fourth-order valence-electron chi connectivity index (χ4n) is 6.81. The van der Waals surface area contributed by atoms with E-state index in [1.807, 2.05) is 0 Å². The lowest BCUT2D eigenvalue weighted by atomic mass is 9.68. The number of likely N-dealkylation sites (tertiary alicyclic amines) is 1. The van der Waals surface area contributed by atoms with E-state index in [0.29, 0.717) is 38.4 Å². The Kier molecular flexibility index (Phi) is 6.74. The van der Waals surface area contributed by atoms with Crippen LogP contribution in [0.1, 0.15) is 56.9 Å². The molecule has 2 saturated carbocycles. The zero-order valence-corrected chi connectivity index (χ0v) is 21.8. The SMILES string of the molecule is CN(C)C1(c2ccccc2)CCC2(CC1)CN(CC(=O)N1CCC(C(N)=O)CC1)C(=O)N2CC1CC1. The molecule has 4 amide bonds. The Labute approximate surface area is 214 Å². The third kappa shape index (κ3) is 4.60. The van der Waals surface area contributed by atoms with Crippen LogP contribution in [0.15, 0.2) is 30.3 Å². The van der Waals surface area contributed by atoms with Crippen LogP contribution >= 0.6 is 0 Å². The average molecular weight is 496 g/mol. The van der Waals surface area contributed by atoms with Crippen molar-refractivity contribution < 1.29 is 14.4 Å². The Morgan fingerprint density at radius 1 is 1.00 bits per heavy atom. The first-order chi connectivity index (χ1) is 17.2. The molecule has 36 heavy (non-hydrogen) atoms. The summed E-state index contributed by atoms with van der Waals surface area (Å²) >= 11 is 0. The molecule has 4 fully saturated rings. The van der Waals surface area contributed by atoms with E-state index >= 15 is 0 Å². The summed E-state index contributed by atoms with van der Waals surface area (Å²) in [6.45, 7) is 2.64. The molecule has 1 aromatic carbocycles. The van der Waals surface area contributed by atoms with E-state index in [2.05, 4.69) is 54.2 Å². The number of hydrogen-bond donors (Lipinski definition) is 1. The minimum Gasteiger partial charge on any atom is -0.369 e. The van der Waals surface area contributed by atoms with Gasteiger partial charge in [-0.1, -0.05) is 30.3 Å². The van der Waals surface area contributed by atoms with Crippen LogP contribution < -0.4 is 5.73 Å². The van der Waals surface area contributed by atoms with Crippen LogP contribution in [0.3, 0.4) is 0 Å². The zero-order chi connectivity index (χ0) is 25.5. The number of primary amides is 1. The molecule has 1 spiro atoms. The molecule has 4 aliphatic rings. The fourth-order valence-corrected chi connectivity index (χ4v) is 6.81. The number of nitrogens with zero attached hydrogens (tertiary/aromatic N) is 4. The Hall–Kier alpha value is -2.61. The van der Waals surface area contributed by atoms with Crippen molar-refractivity contribution in [1.29, 1.82) is 0 Å². The molecule has 0 radical (unpaired) electrons. The predicted molar refractivity (Wildman–Crippen MR) is 138 cm³/mol. The predicted octanol–water partition coefficient (Wildman–Crippen LogP) is 2.63. The molecule has 2 N–H and O–H groups in total. The Balaban J connectivity index is 1.30. The first kappa shape index (κ1) is 25.1. The van der Waals surface area contributed by atoms with Crippen LogP contribution in [-0.4, -0.2) is 89.8 Å². The molecule has 5 rings (SSSR count). The van der Waals surface area contributed by atoms with Gasteiger partial charge in [0.15, 0.2) is 0 Å². The van der Waals surface area contributed by atoms with Gasteiger partial charge in [0.25, 0.3) is 0 Å². The molecular weight excluding hydrogens is 454 g/mol. The van der Waals surface area contributed by atoms with E-state index in [-0.39, 0.29) is 41.4 Å². The van der Waals surface area contributed by atoms with Crippen LogP contribution in [0.25, 0.3) is 0 Å². The maximum absolute atomic E-state index is 13.7. The summed E-state index contributed by atoms with van der Waals surface area (Å²) in [6.07, 6.45) is 7.46. The number of nitrogens with two attached hydrogens (primary N) is 1. The second-order valence-corrected chi connectivity index (χ2v) is 11.8. The molecule has 0 aromatic heterocycles. The molecular formula is C28H41N5O3. The average Bonchev–Trinajstić information content (AvgIpc) is 3.68. The quantitative estimate of drug-likeness (QED) is 0.630. The van der Waals surface area contributed by atoms with Gasteiger partial charge in [-0.25, -0.2) is 4.79 Å². The summed E-state index contributed by atoms with van der Waals surface area (Å²) in [7, 11) is 4.33. The maximum Gasteiger partial charge on any atom is 0.321 e. The van der Waals surface area contributed by atoms with E-state index in [1.54, 1.807) is 9.80 Å². The Morgan fingerprint density at radius 2 is 1.64 bits per heavy atom. The molecule has 2 heterocycles. The normalized spacial score (nSPS) is 29.4. The summed E-state index contributed by atoms with van der Waals surface area (Å²) in [4.78, 5) is 46.4. The van der Waals surface area contributed by atoms with Gasteiger partial charge in [-0.2, -0.15) is 0 Å². The topological polar surface area (TPSA) is 90.2 Å². The van der Waals surface area contributed by atoms with Crippen molar-refractivity contribution in [1.82, 2.24) is 19.6 Å². The van der Waals surface area contributed by atoms with Crippen molar-refractivity contribution in [3.8, 4) is 0 Å². The van der Waals surface area contributed by atoms with Gasteiger partial charge in [-0.3, -0.25) is 14.5 Å². The van der Waals surface area contributed by atoms with E-state index in [0.717, 1.165) is 32.2 Å². The Morgan fingerprint density at radius 3 is 2.19 bits per heavy atom.